The first-order valence-corrected chi connectivity index (χ1v) is 14.9. The smallest absolute Gasteiger partial charge is 0.271 e. The fourth-order valence-electron chi connectivity index (χ4n) is 3.98. The molecule has 1 aliphatic rings. The summed E-state index contributed by atoms with van der Waals surface area (Å²) < 4.78 is 6.82. The zero-order valence-corrected chi connectivity index (χ0v) is 26.0. The number of aryl methyl sites for hydroxylation is 3. The zero-order chi connectivity index (χ0) is 28.4. The molecule has 0 bridgehead atoms. The van der Waals surface area contributed by atoms with Crippen molar-refractivity contribution in [2.24, 2.45) is 4.99 Å². The van der Waals surface area contributed by atoms with E-state index in [1.807, 2.05) is 62.4 Å². The summed E-state index contributed by atoms with van der Waals surface area (Å²) in [7, 11) is 0. The second-order valence-corrected chi connectivity index (χ2v) is 12.2. The quantitative estimate of drug-likeness (QED) is 0.195. The zero-order valence-electron chi connectivity index (χ0n) is 22.0. The number of anilines is 1. The van der Waals surface area contributed by atoms with Gasteiger partial charge in [0.25, 0.3) is 5.91 Å². The van der Waals surface area contributed by atoms with Crippen molar-refractivity contribution in [2.45, 2.75) is 27.4 Å². The van der Waals surface area contributed by atoms with E-state index in [0.29, 0.717) is 38.1 Å². The minimum atomic E-state index is -0.183. The second kappa shape index (κ2) is 12.2. The first-order valence-electron chi connectivity index (χ1n) is 12.5. The van der Waals surface area contributed by atoms with E-state index in [-0.39, 0.29) is 5.91 Å². The molecule has 40 heavy (non-hydrogen) atoms. The number of aliphatic imine (C=N–C) groups is 1. The van der Waals surface area contributed by atoms with Gasteiger partial charge in [-0.1, -0.05) is 71.2 Å². The van der Waals surface area contributed by atoms with Gasteiger partial charge in [0.15, 0.2) is 5.17 Å². The van der Waals surface area contributed by atoms with Crippen LogP contribution in [-0.4, -0.2) is 11.1 Å². The Kier molecular flexibility index (Phi) is 8.71. The number of thioether (sulfide) groups is 1. The molecule has 4 aromatic carbocycles. The summed E-state index contributed by atoms with van der Waals surface area (Å²) in [6, 6.07) is 25.2. The van der Waals surface area contributed by atoms with Crippen molar-refractivity contribution in [1.29, 1.82) is 0 Å². The molecule has 1 aliphatic heterocycles. The summed E-state index contributed by atoms with van der Waals surface area (Å²) in [5, 5.41) is 1.72. The first-order chi connectivity index (χ1) is 19.2. The number of rotatable bonds is 6. The third kappa shape index (κ3) is 6.47. The molecular formula is C32H25BrCl2N2O2S. The molecule has 0 saturated carbocycles. The van der Waals surface area contributed by atoms with Gasteiger partial charge in [-0.2, -0.15) is 0 Å². The molecular weight excluding hydrogens is 627 g/mol. The summed E-state index contributed by atoms with van der Waals surface area (Å²) >= 11 is 17.7. The van der Waals surface area contributed by atoms with E-state index in [0.717, 1.165) is 32.5 Å². The maximum Gasteiger partial charge on any atom is 0.271 e. The molecule has 4 aromatic rings. The molecule has 1 saturated heterocycles. The monoisotopic (exact) mass is 650 g/mol. The van der Waals surface area contributed by atoms with Crippen LogP contribution in [0.2, 0.25) is 10.0 Å². The molecule has 0 spiro atoms. The van der Waals surface area contributed by atoms with E-state index < -0.39 is 0 Å². The molecule has 0 N–H and O–H groups in total. The topological polar surface area (TPSA) is 41.9 Å². The molecule has 4 nitrogen and oxygen atoms in total. The van der Waals surface area contributed by atoms with Crippen LogP contribution in [0.1, 0.15) is 27.8 Å². The van der Waals surface area contributed by atoms with E-state index in [1.165, 1.54) is 17.3 Å². The predicted octanol–water partition coefficient (Wildman–Crippen LogP) is 10.1. The highest BCUT2D eigenvalue weighted by atomic mass is 79.9. The lowest BCUT2D eigenvalue weighted by molar-refractivity contribution is -0.113. The highest BCUT2D eigenvalue weighted by Crippen LogP contribution is 2.39. The van der Waals surface area contributed by atoms with E-state index >= 15 is 0 Å². The minimum Gasteiger partial charge on any atom is -0.488 e. The van der Waals surface area contributed by atoms with Crippen LogP contribution in [0.5, 0.6) is 5.75 Å². The molecule has 8 heteroatoms. The van der Waals surface area contributed by atoms with E-state index in [4.69, 9.17) is 32.9 Å². The standard InChI is InChI=1S/C32H25BrCl2N2O2S/c1-19-4-8-22(9-5-19)18-39-29-13-10-23(14-26(29)33)15-30-31(38)37(25-12-7-21(3)28(35)17-25)32(40-30)36-24-11-6-20(2)27(34)16-24/h4-17H,18H2,1-3H3/b30-15+,36-32?. The second-order valence-electron chi connectivity index (χ2n) is 9.48. The van der Waals surface area contributed by atoms with Crippen molar-refractivity contribution in [3.05, 3.63) is 126 Å². The van der Waals surface area contributed by atoms with Crippen molar-refractivity contribution in [3.63, 3.8) is 0 Å². The Labute approximate surface area is 256 Å². The summed E-state index contributed by atoms with van der Waals surface area (Å²) in [5.41, 5.74) is 6.35. The van der Waals surface area contributed by atoms with E-state index in [1.54, 1.807) is 17.0 Å². The van der Waals surface area contributed by atoms with Crippen molar-refractivity contribution in [1.82, 2.24) is 0 Å². The molecule has 0 aromatic heterocycles. The van der Waals surface area contributed by atoms with Gasteiger partial charge in [0.2, 0.25) is 0 Å². The van der Waals surface area contributed by atoms with Gasteiger partial charge in [0.1, 0.15) is 12.4 Å². The van der Waals surface area contributed by atoms with Crippen LogP contribution in [0.3, 0.4) is 0 Å². The highest BCUT2D eigenvalue weighted by molar-refractivity contribution is 9.10. The number of amides is 1. The van der Waals surface area contributed by atoms with Crippen LogP contribution in [0.25, 0.3) is 6.08 Å². The summed E-state index contributed by atoms with van der Waals surface area (Å²) in [6.45, 7) is 6.38. The lowest BCUT2D eigenvalue weighted by atomic mass is 10.1. The number of benzene rings is 4. The largest absolute Gasteiger partial charge is 0.488 e. The van der Waals surface area contributed by atoms with Crippen LogP contribution in [-0.2, 0) is 11.4 Å². The molecule has 202 valence electrons. The van der Waals surface area contributed by atoms with Gasteiger partial charge in [0, 0.05) is 10.0 Å². The number of amidine groups is 1. The Hall–Kier alpha value is -3.03. The molecule has 0 unspecified atom stereocenters. The van der Waals surface area contributed by atoms with Gasteiger partial charge in [-0.15, -0.1) is 0 Å². The molecule has 0 radical (unpaired) electrons. The molecule has 1 heterocycles. The Bertz CT molecular complexity index is 1670. The number of hydrogen-bond acceptors (Lipinski definition) is 4. The number of nitrogens with zero attached hydrogens (tertiary/aromatic N) is 2. The van der Waals surface area contributed by atoms with Gasteiger partial charge >= 0.3 is 0 Å². The Morgan fingerprint density at radius 2 is 1.60 bits per heavy atom. The van der Waals surface area contributed by atoms with Crippen LogP contribution in [0.4, 0.5) is 11.4 Å². The maximum atomic E-state index is 13.7. The summed E-state index contributed by atoms with van der Waals surface area (Å²) in [4.78, 5) is 20.6. The van der Waals surface area contributed by atoms with Gasteiger partial charge in [-0.25, -0.2) is 4.99 Å². The van der Waals surface area contributed by atoms with Gasteiger partial charge < -0.3 is 4.74 Å². The lowest BCUT2D eigenvalue weighted by Crippen LogP contribution is -2.28. The normalized spacial score (nSPS) is 15.3. The average Bonchev–Trinajstić information content (AvgIpc) is 3.22. The maximum absolute atomic E-state index is 13.7. The van der Waals surface area contributed by atoms with Crippen molar-refractivity contribution < 1.29 is 9.53 Å². The predicted molar refractivity (Wildman–Crippen MR) is 172 cm³/mol. The Morgan fingerprint density at radius 3 is 2.27 bits per heavy atom. The van der Waals surface area contributed by atoms with Gasteiger partial charge in [-0.3, -0.25) is 9.69 Å². The van der Waals surface area contributed by atoms with Gasteiger partial charge in [0.05, 0.1) is 20.8 Å². The summed E-state index contributed by atoms with van der Waals surface area (Å²) in [6.07, 6.45) is 1.86. The van der Waals surface area contributed by atoms with E-state index in [9.17, 15) is 4.79 Å². The number of ether oxygens (including phenoxy) is 1. The minimum absolute atomic E-state index is 0.183. The first kappa shape index (κ1) is 28.5. The Balaban J connectivity index is 1.44. The van der Waals surface area contributed by atoms with Crippen LogP contribution in [0.15, 0.2) is 93.2 Å². The van der Waals surface area contributed by atoms with Crippen LogP contribution >= 0.6 is 50.9 Å². The number of carbonyl (C=O) groups is 1. The number of hydrogen-bond donors (Lipinski definition) is 0. The molecule has 0 aliphatic carbocycles. The van der Waals surface area contributed by atoms with E-state index in [2.05, 4.69) is 47.1 Å². The fraction of sp³-hybridized carbons (Fsp3) is 0.125. The van der Waals surface area contributed by atoms with Crippen LogP contribution < -0.4 is 9.64 Å². The van der Waals surface area contributed by atoms with Crippen molar-refractivity contribution in [2.75, 3.05) is 4.90 Å². The lowest BCUT2D eigenvalue weighted by Gasteiger charge is -2.16. The Morgan fingerprint density at radius 1 is 0.900 bits per heavy atom. The molecule has 1 amide bonds. The average molecular weight is 652 g/mol. The van der Waals surface area contributed by atoms with Crippen LogP contribution in [0, 0.1) is 20.8 Å². The number of carbonyl (C=O) groups excluding carboxylic acids is 1. The third-order valence-electron chi connectivity index (χ3n) is 6.37. The van der Waals surface area contributed by atoms with Crippen molar-refractivity contribution in [3.8, 4) is 5.75 Å². The third-order valence-corrected chi connectivity index (χ3v) is 8.77. The molecule has 5 rings (SSSR count). The number of halogens is 3. The molecule has 0 atom stereocenters. The molecule has 1 fully saturated rings. The summed E-state index contributed by atoms with van der Waals surface area (Å²) in [5.74, 6) is 0.542. The highest BCUT2D eigenvalue weighted by Gasteiger charge is 2.35. The van der Waals surface area contributed by atoms with Crippen molar-refractivity contribution >= 4 is 79.4 Å². The SMILES string of the molecule is Cc1ccc(COc2ccc(/C=C3/SC(=Nc4ccc(C)c(Cl)c4)N(c4ccc(C)c(Cl)c4)C3=O)cc2Br)cc1. The fourth-order valence-corrected chi connectivity index (χ4v) is 5.84. The van der Waals surface area contributed by atoms with Gasteiger partial charge in [-0.05, 0) is 113 Å².